The van der Waals surface area contributed by atoms with Gasteiger partial charge in [-0.2, -0.15) is 0 Å². The van der Waals surface area contributed by atoms with Crippen molar-refractivity contribution >= 4 is 16.1 Å². The minimum atomic E-state index is -3.46. The SMILES string of the molecule is CCN(CC)C(=O)NCc1cccc(S(=O)(=O)NC)c1. The molecule has 0 aliphatic heterocycles. The Bertz CT molecular complexity index is 554. The van der Waals surface area contributed by atoms with E-state index in [0.29, 0.717) is 19.6 Å². The monoisotopic (exact) mass is 299 g/mol. The number of hydrogen-bond donors (Lipinski definition) is 2. The van der Waals surface area contributed by atoms with Gasteiger partial charge in [-0.1, -0.05) is 12.1 Å². The first-order chi connectivity index (χ1) is 9.44. The van der Waals surface area contributed by atoms with Crippen LogP contribution < -0.4 is 10.0 Å². The quantitative estimate of drug-likeness (QED) is 0.827. The van der Waals surface area contributed by atoms with E-state index in [1.165, 1.54) is 13.1 Å². The summed E-state index contributed by atoms with van der Waals surface area (Å²) in [5.41, 5.74) is 0.738. The number of carbonyl (C=O) groups excluding carboxylic acids is 1. The van der Waals surface area contributed by atoms with Crippen molar-refractivity contribution in [3.63, 3.8) is 0 Å². The highest BCUT2D eigenvalue weighted by molar-refractivity contribution is 7.89. The molecule has 0 unspecified atom stereocenters. The maximum Gasteiger partial charge on any atom is 0.317 e. The number of carbonyl (C=O) groups is 1. The van der Waals surface area contributed by atoms with Crippen LogP contribution in [0.4, 0.5) is 4.79 Å². The van der Waals surface area contributed by atoms with E-state index in [4.69, 9.17) is 0 Å². The van der Waals surface area contributed by atoms with Crippen LogP contribution in [0.2, 0.25) is 0 Å². The van der Waals surface area contributed by atoms with Crippen molar-refractivity contribution < 1.29 is 13.2 Å². The third-order valence-corrected chi connectivity index (χ3v) is 4.38. The Hall–Kier alpha value is -1.60. The fourth-order valence-electron chi connectivity index (χ4n) is 1.74. The first-order valence-electron chi connectivity index (χ1n) is 6.49. The number of amides is 2. The van der Waals surface area contributed by atoms with Crippen LogP contribution in [0.5, 0.6) is 0 Å². The fraction of sp³-hybridized carbons (Fsp3) is 0.462. The molecule has 7 heteroatoms. The number of hydrogen-bond acceptors (Lipinski definition) is 3. The summed E-state index contributed by atoms with van der Waals surface area (Å²) in [6.45, 7) is 5.38. The molecule has 112 valence electrons. The number of benzene rings is 1. The Morgan fingerprint density at radius 1 is 1.25 bits per heavy atom. The van der Waals surface area contributed by atoms with Crippen LogP contribution in [0, 0.1) is 0 Å². The van der Waals surface area contributed by atoms with Gasteiger partial charge in [-0.25, -0.2) is 17.9 Å². The first-order valence-corrected chi connectivity index (χ1v) is 7.98. The van der Waals surface area contributed by atoms with Crippen LogP contribution in [0.25, 0.3) is 0 Å². The number of nitrogens with zero attached hydrogens (tertiary/aromatic N) is 1. The van der Waals surface area contributed by atoms with E-state index in [9.17, 15) is 13.2 Å². The third-order valence-electron chi connectivity index (χ3n) is 2.97. The lowest BCUT2D eigenvalue weighted by molar-refractivity contribution is 0.203. The summed E-state index contributed by atoms with van der Waals surface area (Å²) in [6.07, 6.45) is 0. The average molecular weight is 299 g/mol. The largest absolute Gasteiger partial charge is 0.334 e. The highest BCUT2D eigenvalue weighted by Gasteiger charge is 2.12. The minimum absolute atomic E-state index is 0.156. The van der Waals surface area contributed by atoms with Gasteiger partial charge < -0.3 is 10.2 Å². The van der Waals surface area contributed by atoms with Gasteiger partial charge in [0.25, 0.3) is 0 Å². The summed E-state index contributed by atoms with van der Waals surface area (Å²) in [7, 11) is -2.09. The summed E-state index contributed by atoms with van der Waals surface area (Å²) in [6, 6.07) is 6.34. The normalized spacial score (nSPS) is 11.2. The maximum absolute atomic E-state index is 11.8. The van der Waals surface area contributed by atoms with Gasteiger partial charge in [0.15, 0.2) is 0 Å². The van der Waals surface area contributed by atoms with Gasteiger partial charge in [-0.3, -0.25) is 0 Å². The van der Waals surface area contributed by atoms with Crippen molar-refractivity contribution in [3.8, 4) is 0 Å². The lowest BCUT2D eigenvalue weighted by Crippen LogP contribution is -2.39. The van der Waals surface area contributed by atoms with Crippen molar-refractivity contribution in [1.29, 1.82) is 0 Å². The van der Waals surface area contributed by atoms with Gasteiger partial charge in [-0.05, 0) is 38.6 Å². The topological polar surface area (TPSA) is 78.5 Å². The Labute approximate surface area is 120 Å². The van der Waals surface area contributed by atoms with E-state index < -0.39 is 10.0 Å². The maximum atomic E-state index is 11.8. The van der Waals surface area contributed by atoms with Gasteiger partial charge in [0.1, 0.15) is 0 Å². The smallest absolute Gasteiger partial charge is 0.317 e. The van der Waals surface area contributed by atoms with E-state index in [0.717, 1.165) is 5.56 Å². The number of nitrogens with one attached hydrogen (secondary N) is 2. The lowest BCUT2D eigenvalue weighted by Gasteiger charge is -2.19. The highest BCUT2D eigenvalue weighted by Crippen LogP contribution is 2.11. The summed E-state index contributed by atoms with van der Waals surface area (Å²) in [5, 5.41) is 2.77. The molecule has 0 atom stereocenters. The Balaban J connectivity index is 2.75. The van der Waals surface area contributed by atoms with Crippen LogP contribution in [-0.2, 0) is 16.6 Å². The van der Waals surface area contributed by atoms with E-state index in [2.05, 4.69) is 10.0 Å². The second kappa shape index (κ2) is 7.25. The standard InChI is InChI=1S/C13H21N3O3S/c1-4-16(5-2)13(17)15-10-11-7-6-8-12(9-11)20(18,19)14-3/h6-9,14H,4-5,10H2,1-3H3,(H,15,17). The molecule has 1 aromatic carbocycles. The lowest BCUT2D eigenvalue weighted by atomic mass is 10.2. The number of rotatable bonds is 6. The molecule has 0 aromatic heterocycles. The van der Waals surface area contributed by atoms with Crippen LogP contribution in [0.1, 0.15) is 19.4 Å². The highest BCUT2D eigenvalue weighted by atomic mass is 32.2. The molecule has 2 amide bonds. The minimum Gasteiger partial charge on any atom is -0.334 e. The van der Waals surface area contributed by atoms with Gasteiger partial charge in [0.05, 0.1) is 4.90 Å². The van der Waals surface area contributed by atoms with Crippen LogP contribution >= 0.6 is 0 Å². The zero-order valence-electron chi connectivity index (χ0n) is 12.0. The molecule has 0 spiro atoms. The van der Waals surface area contributed by atoms with Crippen LogP contribution in [0.3, 0.4) is 0 Å². The van der Waals surface area contributed by atoms with Crippen LogP contribution in [0.15, 0.2) is 29.2 Å². The summed E-state index contributed by atoms with van der Waals surface area (Å²) in [4.78, 5) is 13.7. The molecule has 0 fully saturated rings. The van der Waals surface area contributed by atoms with Crippen molar-refractivity contribution in [2.24, 2.45) is 0 Å². The first kappa shape index (κ1) is 16.5. The van der Waals surface area contributed by atoms with Gasteiger partial charge in [0.2, 0.25) is 10.0 Å². The van der Waals surface area contributed by atoms with E-state index in [-0.39, 0.29) is 10.9 Å². The summed E-state index contributed by atoms with van der Waals surface area (Å²) < 4.78 is 25.6. The van der Waals surface area contributed by atoms with E-state index in [1.807, 2.05) is 13.8 Å². The zero-order chi connectivity index (χ0) is 15.2. The molecule has 0 radical (unpaired) electrons. The predicted octanol–water partition coefficient (Wildman–Crippen LogP) is 1.15. The Kier molecular flexibility index (Phi) is 5.97. The number of urea groups is 1. The van der Waals surface area contributed by atoms with Crippen molar-refractivity contribution in [1.82, 2.24) is 14.9 Å². The Morgan fingerprint density at radius 2 is 1.90 bits per heavy atom. The molecular weight excluding hydrogens is 278 g/mol. The van der Waals surface area contributed by atoms with Crippen molar-refractivity contribution in [2.45, 2.75) is 25.3 Å². The molecule has 0 aliphatic rings. The van der Waals surface area contributed by atoms with Gasteiger partial charge >= 0.3 is 6.03 Å². The van der Waals surface area contributed by atoms with Crippen molar-refractivity contribution in [2.75, 3.05) is 20.1 Å². The molecule has 6 nitrogen and oxygen atoms in total. The molecule has 0 saturated heterocycles. The molecule has 2 N–H and O–H groups in total. The molecule has 0 bridgehead atoms. The second-order valence-corrected chi connectivity index (χ2v) is 6.07. The summed E-state index contributed by atoms with van der Waals surface area (Å²) >= 11 is 0. The Morgan fingerprint density at radius 3 is 2.45 bits per heavy atom. The molecule has 0 aliphatic carbocycles. The predicted molar refractivity (Wildman–Crippen MR) is 77.8 cm³/mol. The number of sulfonamides is 1. The van der Waals surface area contributed by atoms with E-state index >= 15 is 0 Å². The fourth-order valence-corrected chi connectivity index (χ4v) is 2.54. The third kappa shape index (κ3) is 4.21. The molecule has 1 aromatic rings. The second-order valence-electron chi connectivity index (χ2n) is 4.19. The zero-order valence-corrected chi connectivity index (χ0v) is 12.8. The van der Waals surface area contributed by atoms with Crippen molar-refractivity contribution in [3.05, 3.63) is 29.8 Å². The molecule has 20 heavy (non-hydrogen) atoms. The molecule has 0 heterocycles. The average Bonchev–Trinajstić information content (AvgIpc) is 2.46. The van der Waals surface area contributed by atoms with Gasteiger partial charge in [0, 0.05) is 19.6 Å². The van der Waals surface area contributed by atoms with Crippen LogP contribution in [-0.4, -0.2) is 39.5 Å². The molecule has 0 saturated carbocycles. The summed E-state index contributed by atoms with van der Waals surface area (Å²) in [5.74, 6) is 0. The van der Waals surface area contributed by atoms with E-state index in [1.54, 1.807) is 23.1 Å². The van der Waals surface area contributed by atoms with Gasteiger partial charge in [-0.15, -0.1) is 0 Å². The molecule has 1 rings (SSSR count). The molecular formula is C13H21N3O3S.